The number of nitrogens with one attached hydrogen (secondary N) is 1. The predicted molar refractivity (Wildman–Crippen MR) is 98.8 cm³/mol. The molecule has 4 rings (SSSR count). The molecule has 2 unspecified atom stereocenters. The Labute approximate surface area is 143 Å². The number of ether oxygens (including phenoxy) is 1. The van der Waals surface area contributed by atoms with Crippen molar-refractivity contribution in [1.29, 1.82) is 0 Å². The van der Waals surface area contributed by atoms with Gasteiger partial charge in [0.1, 0.15) is 11.9 Å². The maximum Gasteiger partial charge on any atom is 0.106 e. The zero-order valence-corrected chi connectivity index (χ0v) is 14.1. The van der Waals surface area contributed by atoms with Crippen LogP contribution < -0.4 is 5.32 Å². The quantitative estimate of drug-likeness (QED) is 0.917. The van der Waals surface area contributed by atoms with Gasteiger partial charge in [-0.05, 0) is 50.1 Å². The molecule has 2 atom stereocenters. The number of allylic oxidation sites excluding steroid dienone is 5. The Morgan fingerprint density at radius 3 is 2.92 bits per heavy atom. The fourth-order valence-electron chi connectivity index (χ4n) is 3.66. The molecule has 0 saturated carbocycles. The van der Waals surface area contributed by atoms with Gasteiger partial charge < -0.3 is 10.1 Å². The van der Waals surface area contributed by atoms with Crippen LogP contribution in [-0.2, 0) is 4.74 Å². The van der Waals surface area contributed by atoms with Crippen LogP contribution in [0, 0.1) is 18.8 Å². The Balaban J connectivity index is 1.65. The highest BCUT2D eigenvalue weighted by atomic mass is 16.5. The Morgan fingerprint density at radius 1 is 1.21 bits per heavy atom. The summed E-state index contributed by atoms with van der Waals surface area (Å²) in [5.74, 6) is 1.64. The zero-order chi connectivity index (χ0) is 16.4. The van der Waals surface area contributed by atoms with Gasteiger partial charge in [-0.25, -0.2) is 0 Å². The van der Waals surface area contributed by atoms with Gasteiger partial charge in [-0.2, -0.15) is 0 Å². The topological polar surface area (TPSA) is 33.6 Å². The molecule has 1 aromatic carbocycles. The van der Waals surface area contributed by atoms with E-state index in [0.29, 0.717) is 12.0 Å². The van der Waals surface area contributed by atoms with Gasteiger partial charge in [-0.3, -0.25) is 4.99 Å². The van der Waals surface area contributed by atoms with Crippen LogP contribution in [0.3, 0.4) is 0 Å². The largest absolute Gasteiger partial charge is 0.494 e. The van der Waals surface area contributed by atoms with Gasteiger partial charge in [0.2, 0.25) is 0 Å². The number of fused-ring (bicyclic) bond motifs is 1. The van der Waals surface area contributed by atoms with Crippen LogP contribution in [0.5, 0.6) is 0 Å². The van der Waals surface area contributed by atoms with Gasteiger partial charge in [0, 0.05) is 18.3 Å². The molecule has 3 aliphatic rings. The zero-order valence-electron chi connectivity index (χ0n) is 14.1. The summed E-state index contributed by atoms with van der Waals surface area (Å²) in [5.41, 5.74) is 3.80. The van der Waals surface area contributed by atoms with E-state index in [1.54, 1.807) is 0 Å². The van der Waals surface area contributed by atoms with Gasteiger partial charge in [0.05, 0.1) is 5.92 Å². The number of aryl methyl sites for hydroxylation is 1. The highest BCUT2D eigenvalue weighted by Gasteiger charge is 2.29. The van der Waals surface area contributed by atoms with Crippen LogP contribution in [0.2, 0.25) is 0 Å². The summed E-state index contributed by atoms with van der Waals surface area (Å²) < 4.78 is 6.44. The molecule has 1 N–H and O–H groups in total. The molecule has 0 radical (unpaired) electrons. The lowest BCUT2D eigenvalue weighted by Crippen LogP contribution is -2.34. The van der Waals surface area contributed by atoms with Crippen molar-refractivity contribution in [3.63, 3.8) is 0 Å². The highest BCUT2D eigenvalue weighted by molar-refractivity contribution is 5.80. The molecular weight excluding hydrogens is 296 g/mol. The molecule has 124 valence electrons. The van der Waals surface area contributed by atoms with E-state index >= 15 is 0 Å². The van der Waals surface area contributed by atoms with Crippen molar-refractivity contribution in [1.82, 2.24) is 5.32 Å². The summed E-state index contributed by atoms with van der Waals surface area (Å²) in [4.78, 5) is 4.35. The number of aliphatic imine (C=N–C) groups is 1. The van der Waals surface area contributed by atoms with E-state index in [-0.39, 0.29) is 5.92 Å². The number of hydrogen-bond acceptors (Lipinski definition) is 3. The minimum absolute atomic E-state index is 0.235. The third-order valence-electron chi connectivity index (χ3n) is 4.99. The number of benzene rings is 1. The number of hydrogen-bond donors (Lipinski definition) is 1. The Morgan fingerprint density at radius 2 is 2.08 bits per heavy atom. The first-order valence-corrected chi connectivity index (χ1v) is 8.87. The Kier molecular flexibility index (Phi) is 4.35. The van der Waals surface area contributed by atoms with Crippen LogP contribution in [0.15, 0.2) is 59.4 Å². The van der Waals surface area contributed by atoms with Crippen molar-refractivity contribution in [2.75, 3.05) is 13.1 Å². The second kappa shape index (κ2) is 6.78. The van der Waals surface area contributed by atoms with E-state index < -0.39 is 0 Å². The van der Waals surface area contributed by atoms with Crippen LogP contribution >= 0.6 is 0 Å². The average molecular weight is 320 g/mol. The highest BCUT2D eigenvalue weighted by Crippen LogP contribution is 2.36. The van der Waals surface area contributed by atoms with E-state index in [1.165, 1.54) is 16.7 Å². The van der Waals surface area contributed by atoms with Crippen LogP contribution in [0.25, 0.3) is 5.57 Å². The van der Waals surface area contributed by atoms with Crippen LogP contribution in [0.4, 0.5) is 0 Å². The van der Waals surface area contributed by atoms with Crippen molar-refractivity contribution in [3.05, 3.63) is 65.6 Å². The van der Waals surface area contributed by atoms with Gasteiger partial charge in [0.25, 0.3) is 0 Å². The Bertz CT molecular complexity index is 723. The Hall–Kier alpha value is -2.13. The summed E-state index contributed by atoms with van der Waals surface area (Å²) in [6.07, 6.45) is 13.1. The van der Waals surface area contributed by atoms with Crippen molar-refractivity contribution < 1.29 is 4.74 Å². The molecule has 1 saturated heterocycles. The van der Waals surface area contributed by atoms with Gasteiger partial charge in [-0.15, -0.1) is 0 Å². The van der Waals surface area contributed by atoms with E-state index in [9.17, 15) is 0 Å². The maximum absolute atomic E-state index is 6.44. The monoisotopic (exact) mass is 320 g/mol. The average Bonchev–Trinajstić information content (AvgIpc) is 2.62. The van der Waals surface area contributed by atoms with Crippen molar-refractivity contribution >= 4 is 11.8 Å². The number of nitrogens with zero attached hydrogens (tertiary/aromatic N) is 1. The van der Waals surface area contributed by atoms with Crippen molar-refractivity contribution in [2.24, 2.45) is 16.8 Å². The minimum Gasteiger partial charge on any atom is -0.494 e. The molecular formula is C21H24N2O. The summed E-state index contributed by atoms with van der Waals surface area (Å²) in [6.45, 7) is 4.22. The molecule has 1 aromatic rings. The lowest BCUT2D eigenvalue weighted by atomic mass is 9.82. The smallest absolute Gasteiger partial charge is 0.106 e. The summed E-state index contributed by atoms with van der Waals surface area (Å²) in [6, 6.07) is 8.68. The fourth-order valence-corrected chi connectivity index (χ4v) is 3.66. The van der Waals surface area contributed by atoms with E-state index in [2.05, 4.69) is 59.7 Å². The van der Waals surface area contributed by atoms with Crippen LogP contribution in [-0.4, -0.2) is 25.4 Å². The first-order valence-electron chi connectivity index (χ1n) is 8.87. The molecule has 0 spiro atoms. The summed E-state index contributed by atoms with van der Waals surface area (Å²) in [5, 5.41) is 3.40. The SMILES string of the molecule is Cc1cccc(C2=CC3C=CN=CC3C(OC3CCNCC3)=C2)c1. The standard InChI is InChI=1S/C21H24N2O/c1-15-3-2-4-16(11-15)18-12-17-5-8-23-14-20(17)21(13-18)24-19-6-9-22-10-7-19/h2-5,8,11-14,17,19-20,22H,6-7,9-10H2,1H3. The maximum atomic E-state index is 6.44. The third-order valence-corrected chi connectivity index (χ3v) is 4.99. The van der Waals surface area contributed by atoms with E-state index in [0.717, 1.165) is 31.7 Å². The lowest BCUT2D eigenvalue weighted by molar-refractivity contribution is 0.0735. The van der Waals surface area contributed by atoms with Gasteiger partial charge in [-0.1, -0.05) is 42.0 Å². The number of rotatable bonds is 3. The van der Waals surface area contributed by atoms with Crippen molar-refractivity contribution in [3.8, 4) is 0 Å². The van der Waals surface area contributed by atoms with E-state index in [1.807, 2.05) is 12.4 Å². The summed E-state index contributed by atoms with van der Waals surface area (Å²) >= 11 is 0. The third kappa shape index (κ3) is 3.22. The summed E-state index contributed by atoms with van der Waals surface area (Å²) in [7, 11) is 0. The van der Waals surface area contributed by atoms with Crippen molar-refractivity contribution in [2.45, 2.75) is 25.9 Å². The number of piperidine rings is 1. The molecule has 0 aromatic heterocycles. The van der Waals surface area contributed by atoms with E-state index in [4.69, 9.17) is 4.74 Å². The molecule has 1 fully saturated rings. The predicted octanol–water partition coefficient (Wildman–Crippen LogP) is 3.88. The molecule has 0 amide bonds. The minimum atomic E-state index is 0.235. The fraction of sp³-hybridized carbons (Fsp3) is 0.381. The molecule has 3 heteroatoms. The molecule has 2 aliphatic heterocycles. The first-order chi connectivity index (χ1) is 11.8. The molecule has 0 bridgehead atoms. The molecule has 24 heavy (non-hydrogen) atoms. The molecule has 1 aliphatic carbocycles. The second-order valence-corrected chi connectivity index (χ2v) is 6.85. The second-order valence-electron chi connectivity index (χ2n) is 6.85. The van der Waals surface area contributed by atoms with Gasteiger partial charge >= 0.3 is 0 Å². The van der Waals surface area contributed by atoms with Gasteiger partial charge in [0.15, 0.2) is 0 Å². The molecule has 2 heterocycles. The first kappa shape index (κ1) is 15.4. The lowest BCUT2D eigenvalue weighted by Gasteiger charge is -2.32. The normalized spacial score (nSPS) is 26.5. The molecule has 3 nitrogen and oxygen atoms in total. The van der Waals surface area contributed by atoms with Crippen LogP contribution in [0.1, 0.15) is 24.0 Å².